The Bertz CT molecular complexity index is 742. The maximum absolute atomic E-state index is 12.2. The van der Waals surface area contributed by atoms with Crippen LogP contribution in [-0.2, 0) is 18.4 Å². The highest BCUT2D eigenvalue weighted by molar-refractivity contribution is 7.13. The van der Waals surface area contributed by atoms with Crippen LogP contribution in [0.3, 0.4) is 0 Å². The van der Waals surface area contributed by atoms with Crippen molar-refractivity contribution in [2.24, 2.45) is 13.0 Å². The zero-order chi connectivity index (χ0) is 17.6. The predicted octanol–water partition coefficient (Wildman–Crippen LogP) is 2.79. The molecule has 1 fully saturated rings. The fourth-order valence-electron chi connectivity index (χ4n) is 3.45. The fourth-order valence-corrected chi connectivity index (χ4v) is 4.20. The van der Waals surface area contributed by atoms with Gasteiger partial charge in [-0.3, -0.25) is 9.36 Å². The third-order valence-electron chi connectivity index (χ3n) is 4.93. The minimum absolute atomic E-state index is 0.0769. The Morgan fingerprint density at radius 2 is 2.16 bits per heavy atom. The fraction of sp³-hybridized carbons (Fsp3) is 0.611. The summed E-state index contributed by atoms with van der Waals surface area (Å²) < 4.78 is 2.98. The van der Waals surface area contributed by atoms with Crippen LogP contribution in [0.4, 0.5) is 0 Å². The quantitative estimate of drug-likeness (QED) is 0.823. The molecule has 2 aromatic rings. The van der Waals surface area contributed by atoms with Crippen LogP contribution in [-0.4, -0.2) is 26.8 Å². The highest BCUT2D eigenvalue weighted by Gasteiger charge is 2.15. The molecule has 7 heteroatoms. The Kier molecular flexibility index (Phi) is 6.07. The second kappa shape index (κ2) is 8.47. The summed E-state index contributed by atoms with van der Waals surface area (Å²) in [5.74, 6) is 1.46. The average molecular weight is 362 g/mol. The molecule has 0 aliphatic heterocycles. The minimum Gasteiger partial charge on any atom is -0.354 e. The number of hydrogen-bond acceptors (Lipinski definition) is 4. The largest absolute Gasteiger partial charge is 0.354 e. The molecule has 2 heterocycles. The number of nitrogens with zero attached hydrogens (tertiary/aromatic N) is 3. The lowest BCUT2D eigenvalue weighted by Gasteiger charge is -2.20. The van der Waals surface area contributed by atoms with E-state index in [0.717, 1.165) is 11.3 Å². The molecule has 3 rings (SSSR count). The van der Waals surface area contributed by atoms with Crippen molar-refractivity contribution < 1.29 is 4.79 Å². The Balaban J connectivity index is 1.46. The standard InChI is InChI=1S/C18H26N4O2S/c1-21-17(15-8-5-13-25-15)20-22(18(21)24)12-11-19-16(23)10-9-14-6-3-2-4-7-14/h5,8,13-14H,2-4,6-7,9-12H2,1H3,(H,19,23). The van der Waals surface area contributed by atoms with Gasteiger partial charge in [0.05, 0.1) is 11.4 Å². The summed E-state index contributed by atoms with van der Waals surface area (Å²) in [5.41, 5.74) is -0.153. The molecule has 25 heavy (non-hydrogen) atoms. The van der Waals surface area contributed by atoms with Crippen molar-refractivity contribution in [3.63, 3.8) is 0 Å². The first-order valence-electron chi connectivity index (χ1n) is 9.09. The van der Waals surface area contributed by atoms with Gasteiger partial charge in [0, 0.05) is 20.0 Å². The molecule has 1 aliphatic rings. The SMILES string of the molecule is Cn1c(-c2cccs2)nn(CCNC(=O)CCC2CCCCC2)c1=O. The maximum Gasteiger partial charge on any atom is 0.346 e. The minimum atomic E-state index is -0.153. The van der Waals surface area contributed by atoms with E-state index >= 15 is 0 Å². The zero-order valence-corrected chi connectivity index (χ0v) is 15.6. The highest BCUT2D eigenvalue weighted by Crippen LogP contribution is 2.27. The van der Waals surface area contributed by atoms with Crippen LogP contribution in [0.1, 0.15) is 44.9 Å². The molecular formula is C18H26N4O2S. The van der Waals surface area contributed by atoms with E-state index in [1.54, 1.807) is 23.0 Å². The number of thiophene rings is 1. The lowest BCUT2D eigenvalue weighted by molar-refractivity contribution is -0.121. The van der Waals surface area contributed by atoms with Gasteiger partial charge in [0.15, 0.2) is 5.82 Å². The Morgan fingerprint density at radius 3 is 2.88 bits per heavy atom. The predicted molar refractivity (Wildman–Crippen MR) is 99.6 cm³/mol. The van der Waals surface area contributed by atoms with Crippen LogP contribution in [0, 0.1) is 5.92 Å². The molecule has 1 N–H and O–H groups in total. The van der Waals surface area contributed by atoms with Gasteiger partial charge in [0.25, 0.3) is 0 Å². The van der Waals surface area contributed by atoms with Gasteiger partial charge in [-0.15, -0.1) is 16.4 Å². The Morgan fingerprint density at radius 1 is 1.36 bits per heavy atom. The van der Waals surface area contributed by atoms with Gasteiger partial charge in [-0.1, -0.05) is 38.2 Å². The molecule has 0 saturated heterocycles. The molecule has 1 amide bonds. The number of aromatic nitrogens is 3. The molecule has 0 bridgehead atoms. The first-order valence-corrected chi connectivity index (χ1v) is 9.97. The van der Waals surface area contributed by atoms with E-state index in [4.69, 9.17) is 0 Å². The van der Waals surface area contributed by atoms with Gasteiger partial charge in [-0.05, 0) is 23.8 Å². The van der Waals surface area contributed by atoms with Gasteiger partial charge in [-0.25, -0.2) is 9.48 Å². The van der Waals surface area contributed by atoms with Crippen LogP contribution in [0.5, 0.6) is 0 Å². The van der Waals surface area contributed by atoms with E-state index in [1.165, 1.54) is 36.8 Å². The molecule has 1 aliphatic carbocycles. The second-order valence-corrected chi connectivity index (χ2v) is 7.71. The lowest BCUT2D eigenvalue weighted by atomic mass is 9.86. The lowest BCUT2D eigenvalue weighted by Crippen LogP contribution is -2.31. The smallest absolute Gasteiger partial charge is 0.346 e. The molecule has 0 unspecified atom stereocenters. The first-order chi connectivity index (χ1) is 12.1. The summed E-state index contributed by atoms with van der Waals surface area (Å²) in [6, 6.07) is 3.89. The summed E-state index contributed by atoms with van der Waals surface area (Å²) in [6.07, 6.45) is 8.06. The van der Waals surface area contributed by atoms with Crippen LogP contribution in [0.25, 0.3) is 10.7 Å². The molecule has 2 aromatic heterocycles. The van der Waals surface area contributed by atoms with Crippen LogP contribution in [0.15, 0.2) is 22.3 Å². The number of carbonyl (C=O) groups excluding carboxylic acids is 1. The molecule has 0 spiro atoms. The van der Waals surface area contributed by atoms with E-state index in [9.17, 15) is 9.59 Å². The Hall–Kier alpha value is -1.89. The van der Waals surface area contributed by atoms with Crippen molar-refractivity contribution >= 4 is 17.2 Å². The van der Waals surface area contributed by atoms with Crippen LogP contribution < -0.4 is 11.0 Å². The van der Waals surface area contributed by atoms with Crippen molar-refractivity contribution in [2.45, 2.75) is 51.5 Å². The first kappa shape index (κ1) is 17.9. The summed E-state index contributed by atoms with van der Waals surface area (Å²) in [6.45, 7) is 0.831. The van der Waals surface area contributed by atoms with Gasteiger partial charge in [-0.2, -0.15) is 0 Å². The number of hydrogen-bond donors (Lipinski definition) is 1. The van der Waals surface area contributed by atoms with Gasteiger partial charge >= 0.3 is 5.69 Å². The summed E-state index contributed by atoms with van der Waals surface area (Å²) in [5, 5.41) is 9.27. The number of rotatable bonds is 7. The molecular weight excluding hydrogens is 336 g/mol. The van der Waals surface area contributed by atoms with Crippen molar-refractivity contribution in [1.29, 1.82) is 0 Å². The van der Waals surface area contributed by atoms with Crippen LogP contribution >= 0.6 is 11.3 Å². The van der Waals surface area contributed by atoms with Gasteiger partial charge < -0.3 is 5.32 Å². The van der Waals surface area contributed by atoms with E-state index in [1.807, 2.05) is 17.5 Å². The normalized spacial score (nSPS) is 15.4. The molecule has 1 saturated carbocycles. The van der Waals surface area contributed by atoms with Gasteiger partial charge in [0.2, 0.25) is 5.91 Å². The average Bonchev–Trinajstić information content (AvgIpc) is 3.25. The third kappa shape index (κ3) is 4.60. The van der Waals surface area contributed by atoms with Crippen molar-refractivity contribution in [1.82, 2.24) is 19.7 Å². The molecule has 0 aromatic carbocycles. The molecule has 0 atom stereocenters. The number of amides is 1. The Labute approximate surface area is 151 Å². The molecule has 6 nitrogen and oxygen atoms in total. The van der Waals surface area contributed by atoms with E-state index in [0.29, 0.717) is 31.3 Å². The number of nitrogens with one attached hydrogen (secondary N) is 1. The molecule has 0 radical (unpaired) electrons. The monoisotopic (exact) mass is 362 g/mol. The summed E-state index contributed by atoms with van der Waals surface area (Å²) in [4.78, 5) is 25.2. The van der Waals surface area contributed by atoms with Crippen molar-refractivity contribution in [3.8, 4) is 10.7 Å². The van der Waals surface area contributed by atoms with Gasteiger partial charge in [0.1, 0.15) is 0 Å². The van der Waals surface area contributed by atoms with Crippen molar-refractivity contribution in [3.05, 3.63) is 28.0 Å². The van der Waals surface area contributed by atoms with E-state index in [2.05, 4.69) is 10.4 Å². The third-order valence-corrected chi connectivity index (χ3v) is 5.80. The maximum atomic E-state index is 12.2. The van der Waals surface area contributed by atoms with Crippen molar-refractivity contribution in [2.75, 3.05) is 6.54 Å². The summed E-state index contributed by atoms with van der Waals surface area (Å²) >= 11 is 1.56. The number of carbonyl (C=O) groups is 1. The zero-order valence-electron chi connectivity index (χ0n) is 14.7. The second-order valence-electron chi connectivity index (χ2n) is 6.76. The summed E-state index contributed by atoms with van der Waals surface area (Å²) in [7, 11) is 1.73. The highest BCUT2D eigenvalue weighted by atomic mass is 32.1. The topological polar surface area (TPSA) is 68.9 Å². The van der Waals surface area contributed by atoms with E-state index < -0.39 is 0 Å². The molecule has 136 valence electrons. The van der Waals surface area contributed by atoms with E-state index in [-0.39, 0.29) is 11.6 Å². The van der Waals surface area contributed by atoms with Crippen LogP contribution in [0.2, 0.25) is 0 Å².